The van der Waals surface area contributed by atoms with Gasteiger partial charge in [-0.3, -0.25) is 4.98 Å². The molecule has 0 radical (unpaired) electrons. The maximum Gasteiger partial charge on any atom is 0.147 e. The van der Waals surface area contributed by atoms with E-state index in [9.17, 15) is 0 Å². The van der Waals surface area contributed by atoms with Crippen LogP contribution in [0.4, 0.5) is 5.82 Å². The molecule has 3 heteroatoms. The van der Waals surface area contributed by atoms with Crippen LogP contribution in [-0.2, 0) is 0 Å². The number of nitrogens with one attached hydrogen (secondary N) is 1. The standard InChI is InChI=1S/C9H13N3/c1-7-8(11-6-5-10-7)12-9(2)3-4-9/h5-6H,3-4H2,1-2H3,(H,11,12). The van der Waals surface area contributed by atoms with Gasteiger partial charge < -0.3 is 5.32 Å². The molecule has 1 aliphatic rings. The van der Waals surface area contributed by atoms with Gasteiger partial charge in [-0.25, -0.2) is 4.98 Å². The lowest BCUT2D eigenvalue weighted by molar-refractivity contribution is 0.814. The van der Waals surface area contributed by atoms with Crippen LogP contribution in [0.3, 0.4) is 0 Å². The van der Waals surface area contributed by atoms with E-state index < -0.39 is 0 Å². The Kier molecular flexibility index (Phi) is 1.53. The molecule has 1 aliphatic carbocycles. The Balaban J connectivity index is 2.17. The molecule has 1 aromatic heterocycles. The Labute approximate surface area is 72.2 Å². The number of aromatic nitrogens is 2. The van der Waals surface area contributed by atoms with Gasteiger partial charge in [-0.1, -0.05) is 0 Å². The second-order valence-electron chi connectivity index (χ2n) is 3.68. The Hall–Kier alpha value is -1.12. The lowest BCUT2D eigenvalue weighted by atomic mass is 10.3. The van der Waals surface area contributed by atoms with Gasteiger partial charge in [0.25, 0.3) is 0 Å². The molecule has 0 unspecified atom stereocenters. The topological polar surface area (TPSA) is 37.8 Å². The Morgan fingerprint density at radius 2 is 2.00 bits per heavy atom. The average Bonchev–Trinajstić information content (AvgIpc) is 2.74. The largest absolute Gasteiger partial charge is 0.363 e. The summed E-state index contributed by atoms with van der Waals surface area (Å²) < 4.78 is 0. The lowest BCUT2D eigenvalue weighted by Gasteiger charge is -2.12. The maximum absolute atomic E-state index is 4.23. The molecule has 1 fully saturated rings. The van der Waals surface area contributed by atoms with E-state index in [0.29, 0.717) is 5.54 Å². The second kappa shape index (κ2) is 2.44. The summed E-state index contributed by atoms with van der Waals surface area (Å²) in [5.74, 6) is 0.928. The van der Waals surface area contributed by atoms with Gasteiger partial charge >= 0.3 is 0 Å². The number of hydrogen-bond acceptors (Lipinski definition) is 3. The van der Waals surface area contributed by atoms with E-state index >= 15 is 0 Å². The minimum Gasteiger partial charge on any atom is -0.363 e. The van der Waals surface area contributed by atoms with Crippen LogP contribution >= 0.6 is 0 Å². The molecule has 1 aromatic rings. The molecule has 0 bridgehead atoms. The summed E-state index contributed by atoms with van der Waals surface area (Å²) in [4.78, 5) is 8.40. The maximum atomic E-state index is 4.23. The van der Waals surface area contributed by atoms with Gasteiger partial charge in [0.15, 0.2) is 0 Å². The fourth-order valence-corrected chi connectivity index (χ4v) is 1.13. The zero-order valence-electron chi connectivity index (χ0n) is 7.46. The molecule has 3 nitrogen and oxygen atoms in total. The van der Waals surface area contributed by atoms with Gasteiger partial charge in [-0.05, 0) is 26.7 Å². The van der Waals surface area contributed by atoms with Crippen LogP contribution in [0.15, 0.2) is 12.4 Å². The molecule has 0 saturated heterocycles. The van der Waals surface area contributed by atoms with Crippen LogP contribution < -0.4 is 5.32 Å². The third-order valence-electron chi connectivity index (χ3n) is 2.30. The monoisotopic (exact) mass is 163 g/mol. The second-order valence-corrected chi connectivity index (χ2v) is 3.68. The van der Waals surface area contributed by atoms with Crippen molar-refractivity contribution in [2.75, 3.05) is 5.32 Å². The molecular formula is C9H13N3. The van der Waals surface area contributed by atoms with Crippen LogP contribution in [0.1, 0.15) is 25.5 Å². The van der Waals surface area contributed by atoms with Gasteiger partial charge in [-0.2, -0.15) is 0 Å². The molecule has 0 aromatic carbocycles. The van der Waals surface area contributed by atoms with Crippen molar-refractivity contribution in [3.05, 3.63) is 18.1 Å². The molecule has 64 valence electrons. The first-order valence-corrected chi connectivity index (χ1v) is 4.25. The fraction of sp³-hybridized carbons (Fsp3) is 0.556. The van der Waals surface area contributed by atoms with Crippen LogP contribution in [-0.4, -0.2) is 15.5 Å². The summed E-state index contributed by atoms with van der Waals surface area (Å²) in [6, 6.07) is 0. The van der Waals surface area contributed by atoms with E-state index in [1.54, 1.807) is 12.4 Å². The van der Waals surface area contributed by atoms with Gasteiger partial charge in [0.2, 0.25) is 0 Å². The zero-order valence-corrected chi connectivity index (χ0v) is 7.46. The molecule has 1 N–H and O–H groups in total. The fourth-order valence-electron chi connectivity index (χ4n) is 1.13. The van der Waals surface area contributed by atoms with Crippen molar-refractivity contribution in [2.24, 2.45) is 0 Å². The van der Waals surface area contributed by atoms with Crippen molar-refractivity contribution >= 4 is 5.82 Å². The molecule has 0 amide bonds. The predicted octanol–water partition coefficient (Wildman–Crippen LogP) is 1.75. The molecular weight excluding hydrogens is 150 g/mol. The Bertz CT molecular complexity index is 292. The predicted molar refractivity (Wildman–Crippen MR) is 48.0 cm³/mol. The number of aryl methyl sites for hydroxylation is 1. The van der Waals surface area contributed by atoms with Crippen molar-refractivity contribution in [3.8, 4) is 0 Å². The first kappa shape index (κ1) is 7.53. The first-order valence-electron chi connectivity index (χ1n) is 4.25. The average molecular weight is 163 g/mol. The van der Waals surface area contributed by atoms with E-state index in [2.05, 4.69) is 22.2 Å². The van der Waals surface area contributed by atoms with Crippen LogP contribution in [0.5, 0.6) is 0 Å². The minimum absolute atomic E-state index is 0.292. The number of rotatable bonds is 2. The summed E-state index contributed by atoms with van der Waals surface area (Å²) in [7, 11) is 0. The summed E-state index contributed by atoms with van der Waals surface area (Å²) in [5.41, 5.74) is 1.27. The van der Waals surface area contributed by atoms with E-state index in [4.69, 9.17) is 0 Å². The van der Waals surface area contributed by atoms with Gasteiger partial charge in [-0.15, -0.1) is 0 Å². The highest BCUT2D eigenvalue weighted by Gasteiger charge is 2.37. The van der Waals surface area contributed by atoms with Crippen molar-refractivity contribution in [1.82, 2.24) is 9.97 Å². The lowest BCUT2D eigenvalue weighted by Crippen LogP contribution is -2.17. The molecule has 1 heterocycles. The number of anilines is 1. The highest BCUT2D eigenvalue weighted by molar-refractivity contribution is 5.43. The summed E-state index contributed by atoms with van der Waals surface area (Å²) in [6.07, 6.45) is 5.92. The van der Waals surface area contributed by atoms with Gasteiger partial charge in [0, 0.05) is 17.9 Å². The Morgan fingerprint density at radius 3 is 2.58 bits per heavy atom. The SMILES string of the molecule is Cc1nccnc1NC1(C)CC1. The minimum atomic E-state index is 0.292. The zero-order chi connectivity index (χ0) is 8.60. The highest BCUT2D eigenvalue weighted by atomic mass is 15.1. The first-order chi connectivity index (χ1) is 5.70. The smallest absolute Gasteiger partial charge is 0.147 e. The van der Waals surface area contributed by atoms with E-state index in [1.165, 1.54) is 12.8 Å². The number of hydrogen-bond donors (Lipinski definition) is 1. The van der Waals surface area contributed by atoms with Gasteiger partial charge in [0.1, 0.15) is 5.82 Å². The molecule has 1 saturated carbocycles. The van der Waals surface area contributed by atoms with Crippen LogP contribution in [0, 0.1) is 6.92 Å². The molecule has 0 spiro atoms. The van der Waals surface area contributed by atoms with Gasteiger partial charge in [0.05, 0.1) is 5.69 Å². The quantitative estimate of drug-likeness (QED) is 0.721. The van der Waals surface area contributed by atoms with E-state index in [-0.39, 0.29) is 0 Å². The third kappa shape index (κ3) is 1.40. The van der Waals surface area contributed by atoms with Crippen LogP contribution in [0.25, 0.3) is 0 Å². The van der Waals surface area contributed by atoms with Crippen molar-refractivity contribution in [2.45, 2.75) is 32.2 Å². The molecule has 2 rings (SSSR count). The van der Waals surface area contributed by atoms with Crippen molar-refractivity contribution in [3.63, 3.8) is 0 Å². The van der Waals surface area contributed by atoms with E-state index in [0.717, 1.165) is 11.5 Å². The van der Waals surface area contributed by atoms with Crippen molar-refractivity contribution < 1.29 is 0 Å². The van der Waals surface area contributed by atoms with Crippen molar-refractivity contribution in [1.29, 1.82) is 0 Å². The summed E-state index contributed by atoms with van der Waals surface area (Å²) in [6.45, 7) is 4.18. The van der Waals surface area contributed by atoms with E-state index in [1.807, 2.05) is 6.92 Å². The molecule has 0 aliphatic heterocycles. The van der Waals surface area contributed by atoms with Crippen LogP contribution in [0.2, 0.25) is 0 Å². The normalized spacial score (nSPS) is 18.8. The number of nitrogens with zero attached hydrogens (tertiary/aromatic N) is 2. The summed E-state index contributed by atoms with van der Waals surface area (Å²) >= 11 is 0. The summed E-state index contributed by atoms with van der Waals surface area (Å²) in [5, 5.41) is 3.39. The third-order valence-corrected chi connectivity index (χ3v) is 2.30. The molecule has 0 atom stereocenters. The highest BCUT2D eigenvalue weighted by Crippen LogP contribution is 2.37. The molecule has 12 heavy (non-hydrogen) atoms. The Morgan fingerprint density at radius 1 is 1.33 bits per heavy atom.